The van der Waals surface area contributed by atoms with Gasteiger partial charge in [0.25, 0.3) is 0 Å². The van der Waals surface area contributed by atoms with E-state index in [-0.39, 0.29) is 24.0 Å². The van der Waals surface area contributed by atoms with Gasteiger partial charge in [-0.2, -0.15) is 0 Å². The van der Waals surface area contributed by atoms with Crippen molar-refractivity contribution in [2.24, 2.45) is 10.9 Å². The second kappa shape index (κ2) is 13.5. The summed E-state index contributed by atoms with van der Waals surface area (Å²) in [7, 11) is 1.76. The van der Waals surface area contributed by atoms with E-state index in [1.807, 2.05) is 34.9 Å². The summed E-state index contributed by atoms with van der Waals surface area (Å²) >= 11 is 0. The molecule has 0 atom stereocenters. The van der Waals surface area contributed by atoms with Crippen LogP contribution in [0.25, 0.3) is 5.69 Å². The molecule has 0 spiro atoms. The van der Waals surface area contributed by atoms with Gasteiger partial charge in [0.05, 0.1) is 6.54 Å². The molecule has 0 saturated carbocycles. The minimum atomic E-state index is 0. The van der Waals surface area contributed by atoms with Crippen molar-refractivity contribution in [2.75, 3.05) is 40.0 Å². The number of hydrogen-bond acceptors (Lipinski definition) is 5. The summed E-state index contributed by atoms with van der Waals surface area (Å²) in [6.45, 7) is 4.67. The molecule has 1 aliphatic heterocycles. The Kier molecular flexibility index (Phi) is 11.0. The third kappa shape index (κ3) is 7.90. The van der Waals surface area contributed by atoms with E-state index in [9.17, 15) is 0 Å². The Bertz CT molecular complexity index is 719. The lowest BCUT2D eigenvalue weighted by atomic mass is 10.0. The highest BCUT2D eigenvalue weighted by Gasteiger charge is 2.13. The predicted molar refractivity (Wildman–Crippen MR) is 124 cm³/mol. The third-order valence-electron chi connectivity index (χ3n) is 4.74. The van der Waals surface area contributed by atoms with Crippen molar-refractivity contribution < 1.29 is 9.47 Å². The van der Waals surface area contributed by atoms with Crippen LogP contribution in [0.3, 0.4) is 0 Å². The average Bonchev–Trinajstić information content (AvgIpc) is 3.23. The zero-order chi connectivity index (χ0) is 19.4. The molecule has 1 aromatic carbocycles. The zero-order valence-corrected chi connectivity index (χ0v) is 19.2. The van der Waals surface area contributed by atoms with E-state index in [2.05, 4.69) is 25.8 Å². The lowest BCUT2D eigenvalue weighted by Crippen LogP contribution is -2.38. The molecule has 160 valence electrons. The third-order valence-corrected chi connectivity index (χ3v) is 4.74. The molecule has 1 saturated heterocycles. The number of hydrogen-bond donors (Lipinski definition) is 2. The van der Waals surface area contributed by atoms with Crippen molar-refractivity contribution in [3.63, 3.8) is 0 Å². The van der Waals surface area contributed by atoms with E-state index in [1.165, 1.54) is 0 Å². The monoisotopic (exact) mass is 514 g/mol. The van der Waals surface area contributed by atoms with Crippen molar-refractivity contribution in [3.8, 4) is 5.69 Å². The van der Waals surface area contributed by atoms with Crippen LogP contribution in [-0.2, 0) is 16.0 Å². The lowest BCUT2D eigenvalue weighted by Gasteiger charge is -2.21. The highest BCUT2D eigenvalue weighted by Crippen LogP contribution is 2.14. The molecule has 2 heterocycles. The Morgan fingerprint density at radius 3 is 2.79 bits per heavy atom. The molecule has 0 aliphatic carbocycles. The molecule has 0 unspecified atom stereocenters. The number of aliphatic imine (C=N–C) groups is 1. The standard InChI is InChI=1S/C20H30N6O2.HI/c1-21-20(22-10-5-11-28-15-17-8-12-27-13-9-17)23-14-19-25-24-16-26(19)18-6-3-2-4-7-18;/h2-4,6-7,16-17H,5,8-15H2,1H3,(H2,21,22,23);1H. The molecular formula is C20H31IN6O2. The molecule has 0 amide bonds. The molecular weight excluding hydrogens is 483 g/mol. The van der Waals surface area contributed by atoms with E-state index in [0.717, 1.165) is 69.7 Å². The van der Waals surface area contributed by atoms with Crippen molar-refractivity contribution in [2.45, 2.75) is 25.8 Å². The first-order chi connectivity index (χ1) is 13.9. The van der Waals surface area contributed by atoms with E-state index in [4.69, 9.17) is 9.47 Å². The van der Waals surface area contributed by atoms with Gasteiger partial charge in [0, 0.05) is 45.7 Å². The first-order valence-electron chi connectivity index (χ1n) is 9.91. The molecule has 2 N–H and O–H groups in total. The number of nitrogens with one attached hydrogen (secondary N) is 2. The van der Waals surface area contributed by atoms with Crippen molar-refractivity contribution in [3.05, 3.63) is 42.5 Å². The molecule has 8 nitrogen and oxygen atoms in total. The van der Waals surface area contributed by atoms with Crippen LogP contribution >= 0.6 is 24.0 Å². The highest BCUT2D eigenvalue weighted by molar-refractivity contribution is 14.0. The molecule has 0 bridgehead atoms. The molecule has 1 fully saturated rings. The van der Waals surface area contributed by atoms with E-state index >= 15 is 0 Å². The normalized spacial score (nSPS) is 15.0. The van der Waals surface area contributed by atoms with Gasteiger partial charge in [0.1, 0.15) is 6.33 Å². The van der Waals surface area contributed by atoms with E-state index in [0.29, 0.717) is 12.5 Å². The second-order valence-electron chi connectivity index (χ2n) is 6.79. The lowest BCUT2D eigenvalue weighted by molar-refractivity contribution is 0.0203. The topological polar surface area (TPSA) is 85.6 Å². The fraction of sp³-hybridized carbons (Fsp3) is 0.550. The van der Waals surface area contributed by atoms with Crippen LogP contribution in [0.1, 0.15) is 25.1 Å². The van der Waals surface area contributed by atoms with Gasteiger partial charge in [-0.1, -0.05) is 18.2 Å². The number of benzene rings is 1. The van der Waals surface area contributed by atoms with Crippen molar-refractivity contribution in [1.29, 1.82) is 0 Å². The second-order valence-corrected chi connectivity index (χ2v) is 6.79. The number of halogens is 1. The quantitative estimate of drug-likeness (QED) is 0.232. The minimum absolute atomic E-state index is 0. The van der Waals surface area contributed by atoms with Gasteiger partial charge < -0.3 is 20.1 Å². The molecule has 1 aliphatic rings. The number of para-hydroxylation sites is 1. The first kappa shape index (κ1) is 23.6. The number of nitrogens with zero attached hydrogens (tertiary/aromatic N) is 4. The van der Waals surface area contributed by atoms with Crippen LogP contribution in [0.15, 0.2) is 41.7 Å². The maximum Gasteiger partial charge on any atom is 0.191 e. The minimum Gasteiger partial charge on any atom is -0.381 e. The van der Waals surface area contributed by atoms with Crippen LogP contribution < -0.4 is 10.6 Å². The van der Waals surface area contributed by atoms with Gasteiger partial charge in [-0.15, -0.1) is 34.2 Å². The highest BCUT2D eigenvalue weighted by atomic mass is 127. The molecule has 1 aromatic heterocycles. The van der Waals surface area contributed by atoms with E-state index < -0.39 is 0 Å². The van der Waals surface area contributed by atoms with Gasteiger partial charge in [-0.3, -0.25) is 9.56 Å². The fourth-order valence-electron chi connectivity index (χ4n) is 3.11. The molecule has 3 rings (SSSR count). The fourth-order valence-corrected chi connectivity index (χ4v) is 3.11. The number of aromatic nitrogens is 3. The Hall–Kier alpha value is -1.72. The van der Waals surface area contributed by atoms with Crippen LogP contribution in [-0.4, -0.2) is 60.7 Å². The summed E-state index contributed by atoms with van der Waals surface area (Å²) in [5, 5.41) is 14.8. The van der Waals surface area contributed by atoms with Crippen LogP contribution in [0.5, 0.6) is 0 Å². The van der Waals surface area contributed by atoms with Gasteiger partial charge in [0.15, 0.2) is 11.8 Å². The molecule has 0 radical (unpaired) electrons. The molecule has 2 aromatic rings. The van der Waals surface area contributed by atoms with Gasteiger partial charge in [-0.05, 0) is 37.3 Å². The molecule has 29 heavy (non-hydrogen) atoms. The molecule has 9 heteroatoms. The summed E-state index contributed by atoms with van der Waals surface area (Å²) in [6.07, 6.45) is 4.88. The Morgan fingerprint density at radius 2 is 2.03 bits per heavy atom. The Morgan fingerprint density at radius 1 is 1.24 bits per heavy atom. The smallest absolute Gasteiger partial charge is 0.191 e. The van der Waals surface area contributed by atoms with Gasteiger partial charge >= 0.3 is 0 Å². The first-order valence-corrected chi connectivity index (χ1v) is 9.91. The summed E-state index contributed by atoms with van der Waals surface area (Å²) in [5.74, 6) is 2.22. The van der Waals surface area contributed by atoms with Crippen molar-refractivity contribution in [1.82, 2.24) is 25.4 Å². The number of rotatable bonds is 9. The maximum absolute atomic E-state index is 5.79. The zero-order valence-electron chi connectivity index (χ0n) is 16.9. The Balaban J connectivity index is 0.00000300. The Labute approximate surface area is 189 Å². The summed E-state index contributed by atoms with van der Waals surface area (Å²) in [4.78, 5) is 4.26. The number of ether oxygens (including phenoxy) is 2. The van der Waals surface area contributed by atoms with Crippen LogP contribution in [0.4, 0.5) is 0 Å². The van der Waals surface area contributed by atoms with Crippen molar-refractivity contribution >= 4 is 29.9 Å². The summed E-state index contributed by atoms with van der Waals surface area (Å²) in [5.41, 5.74) is 1.04. The van der Waals surface area contributed by atoms with Crippen LogP contribution in [0, 0.1) is 5.92 Å². The maximum atomic E-state index is 5.79. The SMILES string of the molecule is CN=C(NCCCOCC1CCOCC1)NCc1nncn1-c1ccccc1.I. The van der Waals surface area contributed by atoms with Gasteiger partial charge in [-0.25, -0.2) is 0 Å². The average molecular weight is 514 g/mol. The number of guanidine groups is 1. The van der Waals surface area contributed by atoms with Gasteiger partial charge in [0.2, 0.25) is 0 Å². The summed E-state index contributed by atoms with van der Waals surface area (Å²) < 4.78 is 13.1. The summed E-state index contributed by atoms with van der Waals surface area (Å²) in [6, 6.07) is 10.0. The van der Waals surface area contributed by atoms with E-state index in [1.54, 1.807) is 13.4 Å². The largest absolute Gasteiger partial charge is 0.381 e. The predicted octanol–water partition coefficient (Wildman–Crippen LogP) is 2.38. The van der Waals surface area contributed by atoms with Crippen LogP contribution in [0.2, 0.25) is 0 Å².